The van der Waals surface area contributed by atoms with Crippen LogP contribution in [0.1, 0.15) is 22.8 Å². The second kappa shape index (κ2) is 8.21. The molecule has 0 heterocycles. The van der Waals surface area contributed by atoms with E-state index in [4.69, 9.17) is 4.74 Å². The number of halogens is 2. The van der Waals surface area contributed by atoms with E-state index in [2.05, 4.69) is 9.46 Å². The Bertz CT molecular complexity index is 929. The summed E-state index contributed by atoms with van der Waals surface area (Å²) in [6.45, 7) is -1.30. The molecule has 2 rings (SSSR count). The molecule has 7 nitrogen and oxygen atoms in total. The highest BCUT2D eigenvalue weighted by atomic mass is 32.2. The summed E-state index contributed by atoms with van der Waals surface area (Å²) in [4.78, 5) is 11.4. The first kappa shape index (κ1) is 20.4. The molecule has 146 valence electrons. The number of hydrogen-bond acceptors (Lipinski definition) is 5. The molecule has 0 aliphatic carbocycles. The molecule has 0 aliphatic heterocycles. The lowest BCUT2D eigenvalue weighted by atomic mass is 10.1. The second-order valence-electron chi connectivity index (χ2n) is 5.34. The van der Waals surface area contributed by atoms with Crippen LogP contribution in [-0.2, 0) is 16.4 Å². The molecule has 2 N–H and O–H groups in total. The van der Waals surface area contributed by atoms with Gasteiger partial charge < -0.3 is 14.6 Å². The number of sulfonamides is 1. The molecule has 27 heavy (non-hydrogen) atoms. The molecule has 0 saturated carbocycles. The maximum absolute atomic E-state index is 12.5. The van der Waals surface area contributed by atoms with E-state index in [9.17, 15) is 27.1 Å². The molecule has 0 aromatic heterocycles. The molecule has 0 unspecified atom stereocenters. The SMILES string of the molecule is CCc1ccc(S(=O)(=O)Nc2cc(OC)c(OC(F)F)cc2C(=O)O)cc1. The summed E-state index contributed by atoms with van der Waals surface area (Å²) >= 11 is 0. The monoisotopic (exact) mass is 401 g/mol. The number of aromatic carboxylic acids is 1. The first-order valence-corrected chi connectivity index (χ1v) is 9.18. The van der Waals surface area contributed by atoms with Crippen LogP contribution in [0.2, 0.25) is 0 Å². The largest absolute Gasteiger partial charge is 0.493 e. The smallest absolute Gasteiger partial charge is 0.387 e. The minimum Gasteiger partial charge on any atom is -0.493 e. The van der Waals surface area contributed by atoms with Gasteiger partial charge in [0.25, 0.3) is 10.0 Å². The average molecular weight is 401 g/mol. The first-order chi connectivity index (χ1) is 12.7. The van der Waals surface area contributed by atoms with Crippen LogP contribution in [0.3, 0.4) is 0 Å². The second-order valence-corrected chi connectivity index (χ2v) is 7.02. The Balaban J connectivity index is 2.48. The van der Waals surface area contributed by atoms with E-state index in [-0.39, 0.29) is 16.3 Å². The van der Waals surface area contributed by atoms with Crippen molar-refractivity contribution >= 4 is 21.7 Å². The normalized spacial score (nSPS) is 11.3. The van der Waals surface area contributed by atoms with Crippen LogP contribution in [-0.4, -0.2) is 33.2 Å². The van der Waals surface area contributed by atoms with Crippen molar-refractivity contribution in [2.24, 2.45) is 0 Å². The predicted octanol–water partition coefficient (Wildman–Crippen LogP) is 3.36. The molecule has 2 aromatic carbocycles. The maximum Gasteiger partial charge on any atom is 0.387 e. The fourth-order valence-corrected chi connectivity index (χ4v) is 3.35. The van der Waals surface area contributed by atoms with E-state index in [1.54, 1.807) is 12.1 Å². The molecule has 0 amide bonds. The predicted molar refractivity (Wildman–Crippen MR) is 93.2 cm³/mol. The van der Waals surface area contributed by atoms with Crippen molar-refractivity contribution < 1.29 is 36.6 Å². The molecule has 10 heteroatoms. The number of aryl methyl sites for hydroxylation is 1. The molecule has 0 aliphatic rings. The van der Waals surface area contributed by atoms with Gasteiger partial charge >= 0.3 is 12.6 Å². The average Bonchev–Trinajstić information content (AvgIpc) is 2.61. The third kappa shape index (κ3) is 4.85. The summed E-state index contributed by atoms with van der Waals surface area (Å²) in [5, 5.41) is 9.30. The highest BCUT2D eigenvalue weighted by Gasteiger charge is 2.23. The van der Waals surface area contributed by atoms with E-state index in [0.717, 1.165) is 31.2 Å². The molecular formula is C17H17F2NO6S. The van der Waals surface area contributed by atoms with Crippen molar-refractivity contribution in [3.05, 3.63) is 47.5 Å². The highest BCUT2D eigenvalue weighted by molar-refractivity contribution is 7.92. The first-order valence-electron chi connectivity index (χ1n) is 7.69. The quantitative estimate of drug-likeness (QED) is 0.703. The standard InChI is InChI=1S/C17H17F2NO6S/c1-3-10-4-6-11(7-5-10)27(23,24)20-13-9-14(25-2)15(26-17(18)19)8-12(13)16(21)22/h4-9,17,20H,3H2,1-2H3,(H,21,22). The number of ether oxygens (including phenoxy) is 2. The van der Waals surface area contributed by atoms with Gasteiger partial charge in [-0.15, -0.1) is 0 Å². The Hall–Kier alpha value is -2.88. The van der Waals surface area contributed by atoms with Gasteiger partial charge in [0, 0.05) is 12.1 Å². The zero-order chi connectivity index (χ0) is 20.2. The number of rotatable bonds is 8. The van der Waals surface area contributed by atoms with Gasteiger partial charge in [-0.1, -0.05) is 19.1 Å². The topological polar surface area (TPSA) is 102 Å². The van der Waals surface area contributed by atoms with Crippen molar-refractivity contribution in [1.29, 1.82) is 0 Å². The fraction of sp³-hybridized carbons (Fsp3) is 0.235. The van der Waals surface area contributed by atoms with Crippen molar-refractivity contribution in [3.63, 3.8) is 0 Å². The molecule has 0 bridgehead atoms. The van der Waals surface area contributed by atoms with Crippen LogP contribution in [0.4, 0.5) is 14.5 Å². The number of methoxy groups -OCH3 is 1. The molecule has 0 saturated heterocycles. The number of anilines is 1. The van der Waals surface area contributed by atoms with Gasteiger partial charge in [-0.2, -0.15) is 8.78 Å². The lowest BCUT2D eigenvalue weighted by Gasteiger charge is -2.15. The van der Waals surface area contributed by atoms with E-state index in [1.165, 1.54) is 12.1 Å². The number of alkyl halides is 2. The van der Waals surface area contributed by atoms with Crippen molar-refractivity contribution in [3.8, 4) is 11.5 Å². The Labute approximate surface area is 154 Å². The number of carboxylic acids is 1. The van der Waals surface area contributed by atoms with Crippen LogP contribution in [0.5, 0.6) is 11.5 Å². The summed E-state index contributed by atoms with van der Waals surface area (Å²) in [5.41, 5.74) is 0.0103. The van der Waals surface area contributed by atoms with Crippen molar-refractivity contribution in [2.45, 2.75) is 24.9 Å². The van der Waals surface area contributed by atoms with E-state index in [1.807, 2.05) is 6.92 Å². The minimum absolute atomic E-state index is 0.0806. The Morgan fingerprint density at radius 2 is 1.81 bits per heavy atom. The molecule has 0 fully saturated rings. The molecule has 0 atom stereocenters. The van der Waals surface area contributed by atoms with E-state index in [0.29, 0.717) is 0 Å². The van der Waals surface area contributed by atoms with Crippen LogP contribution in [0.15, 0.2) is 41.3 Å². The van der Waals surface area contributed by atoms with Gasteiger partial charge in [-0.25, -0.2) is 13.2 Å². The zero-order valence-corrected chi connectivity index (χ0v) is 15.2. The Morgan fingerprint density at radius 1 is 1.19 bits per heavy atom. The van der Waals surface area contributed by atoms with Gasteiger partial charge in [-0.3, -0.25) is 4.72 Å². The summed E-state index contributed by atoms with van der Waals surface area (Å²) in [7, 11) is -2.96. The summed E-state index contributed by atoms with van der Waals surface area (Å²) in [6.07, 6.45) is 0.722. The Kier molecular flexibility index (Phi) is 6.21. The molecule has 0 radical (unpaired) electrons. The van der Waals surface area contributed by atoms with Crippen molar-refractivity contribution in [2.75, 3.05) is 11.8 Å². The highest BCUT2D eigenvalue weighted by Crippen LogP contribution is 2.35. The lowest BCUT2D eigenvalue weighted by molar-refractivity contribution is -0.0512. The Morgan fingerprint density at radius 3 is 2.30 bits per heavy atom. The lowest BCUT2D eigenvalue weighted by Crippen LogP contribution is -2.16. The van der Waals surface area contributed by atoms with E-state index < -0.39 is 33.9 Å². The van der Waals surface area contributed by atoms with Crippen molar-refractivity contribution in [1.82, 2.24) is 0 Å². The van der Waals surface area contributed by atoms with Gasteiger partial charge in [0.2, 0.25) is 0 Å². The number of nitrogens with one attached hydrogen (secondary N) is 1. The summed E-state index contributed by atoms with van der Waals surface area (Å²) in [5.74, 6) is -2.31. The maximum atomic E-state index is 12.5. The van der Waals surface area contributed by atoms with E-state index >= 15 is 0 Å². The minimum atomic E-state index is -4.11. The molecule has 0 spiro atoms. The van der Waals surface area contributed by atoms with Gasteiger partial charge in [0.05, 0.1) is 23.3 Å². The molecule has 2 aromatic rings. The van der Waals surface area contributed by atoms with Gasteiger partial charge in [0.1, 0.15) is 0 Å². The van der Waals surface area contributed by atoms with Crippen LogP contribution in [0.25, 0.3) is 0 Å². The molecular weight excluding hydrogens is 384 g/mol. The van der Waals surface area contributed by atoms with Crippen LogP contribution in [0, 0.1) is 0 Å². The van der Waals surface area contributed by atoms with Gasteiger partial charge in [-0.05, 0) is 24.1 Å². The fourth-order valence-electron chi connectivity index (χ4n) is 2.28. The zero-order valence-electron chi connectivity index (χ0n) is 14.4. The van der Waals surface area contributed by atoms with Crippen LogP contribution >= 0.6 is 0 Å². The van der Waals surface area contributed by atoms with Crippen LogP contribution < -0.4 is 14.2 Å². The number of carbonyl (C=O) groups is 1. The summed E-state index contributed by atoms with van der Waals surface area (Å²) < 4.78 is 61.3. The third-order valence-electron chi connectivity index (χ3n) is 3.64. The number of hydrogen-bond donors (Lipinski definition) is 2. The van der Waals surface area contributed by atoms with Gasteiger partial charge in [0.15, 0.2) is 11.5 Å². The number of carboxylic acid groups (broad SMARTS) is 1. The third-order valence-corrected chi connectivity index (χ3v) is 5.02. The summed E-state index contributed by atoms with van der Waals surface area (Å²) in [6, 6.07) is 7.77. The number of benzene rings is 2.